The molecule has 0 unspecified atom stereocenters. The van der Waals surface area contributed by atoms with Gasteiger partial charge in [0, 0.05) is 17.9 Å². The van der Waals surface area contributed by atoms with Crippen LogP contribution in [0, 0.1) is 0 Å². The van der Waals surface area contributed by atoms with Gasteiger partial charge in [-0.3, -0.25) is 4.79 Å². The Labute approximate surface area is 172 Å². The molecule has 0 saturated heterocycles. The van der Waals surface area contributed by atoms with Crippen LogP contribution in [0.2, 0.25) is 5.02 Å². The Morgan fingerprint density at radius 3 is 2.57 bits per heavy atom. The first-order chi connectivity index (χ1) is 13.6. The van der Waals surface area contributed by atoms with Gasteiger partial charge in [0.25, 0.3) is 0 Å². The number of nitrogen functional groups attached to an aromatic ring is 1. The highest BCUT2D eigenvalue weighted by Crippen LogP contribution is 2.21. The van der Waals surface area contributed by atoms with Crippen molar-refractivity contribution in [2.45, 2.75) is 12.2 Å². The first-order valence-electron chi connectivity index (χ1n) is 8.55. The second-order valence-corrected chi connectivity index (χ2v) is 7.27. The Bertz CT molecular complexity index is 941. The van der Waals surface area contributed by atoms with Gasteiger partial charge in [0.2, 0.25) is 17.8 Å². The van der Waals surface area contributed by atoms with Crippen LogP contribution in [-0.2, 0) is 10.5 Å². The average molecular weight is 415 g/mol. The van der Waals surface area contributed by atoms with Gasteiger partial charge in [0.15, 0.2) is 0 Å². The number of aromatic nitrogens is 3. The molecule has 0 aliphatic carbocycles. The van der Waals surface area contributed by atoms with E-state index >= 15 is 0 Å². The molecule has 0 aliphatic heterocycles. The smallest absolute Gasteiger partial charge is 0.232 e. The number of amides is 1. The van der Waals surface area contributed by atoms with E-state index in [1.54, 1.807) is 23.9 Å². The SMILES string of the molecule is Nc1nc(CSCCC(=O)Nc2ccccc2Cl)nc(Nc2ccccc2)n1. The number of halogens is 1. The maximum absolute atomic E-state index is 12.0. The minimum Gasteiger partial charge on any atom is -0.368 e. The first-order valence-corrected chi connectivity index (χ1v) is 10.1. The topological polar surface area (TPSA) is 106 Å². The first kappa shape index (κ1) is 19.9. The van der Waals surface area contributed by atoms with Gasteiger partial charge >= 0.3 is 0 Å². The summed E-state index contributed by atoms with van der Waals surface area (Å²) < 4.78 is 0. The summed E-state index contributed by atoms with van der Waals surface area (Å²) in [6.45, 7) is 0. The summed E-state index contributed by atoms with van der Waals surface area (Å²) in [4.78, 5) is 24.7. The van der Waals surface area contributed by atoms with Crippen LogP contribution in [0.3, 0.4) is 0 Å². The lowest BCUT2D eigenvalue weighted by Gasteiger charge is -2.08. The highest BCUT2D eigenvalue weighted by molar-refractivity contribution is 7.98. The van der Waals surface area contributed by atoms with Crippen LogP contribution < -0.4 is 16.4 Å². The molecule has 2 aromatic carbocycles. The predicted octanol–water partition coefficient (Wildman–Crippen LogP) is 4.11. The van der Waals surface area contributed by atoms with E-state index < -0.39 is 0 Å². The molecule has 0 saturated carbocycles. The molecule has 0 bridgehead atoms. The summed E-state index contributed by atoms with van der Waals surface area (Å²) in [5.74, 6) is 2.15. The van der Waals surface area contributed by atoms with Gasteiger partial charge in [-0.25, -0.2) is 0 Å². The lowest BCUT2D eigenvalue weighted by atomic mass is 10.3. The second-order valence-electron chi connectivity index (χ2n) is 5.76. The summed E-state index contributed by atoms with van der Waals surface area (Å²) in [6, 6.07) is 16.7. The fourth-order valence-corrected chi connectivity index (χ4v) is 3.28. The molecule has 0 fully saturated rings. The van der Waals surface area contributed by atoms with E-state index in [0.717, 1.165) is 5.69 Å². The third-order valence-electron chi connectivity index (χ3n) is 3.58. The zero-order valence-electron chi connectivity index (χ0n) is 14.9. The number of para-hydroxylation sites is 2. The van der Waals surface area contributed by atoms with Crippen molar-refractivity contribution in [3.05, 3.63) is 65.4 Å². The van der Waals surface area contributed by atoms with Crippen LogP contribution >= 0.6 is 23.4 Å². The summed E-state index contributed by atoms with van der Waals surface area (Å²) in [5, 5.41) is 6.41. The number of carbonyl (C=O) groups is 1. The van der Waals surface area contributed by atoms with Gasteiger partial charge < -0.3 is 16.4 Å². The minimum atomic E-state index is -0.0952. The zero-order chi connectivity index (χ0) is 19.8. The summed E-state index contributed by atoms with van der Waals surface area (Å²) >= 11 is 7.58. The van der Waals surface area contributed by atoms with E-state index in [9.17, 15) is 4.79 Å². The molecule has 1 heterocycles. The molecular formula is C19H19ClN6OS. The van der Waals surface area contributed by atoms with Crippen LogP contribution in [0.25, 0.3) is 0 Å². The number of nitrogens with two attached hydrogens (primary N) is 1. The Balaban J connectivity index is 1.48. The highest BCUT2D eigenvalue weighted by atomic mass is 35.5. The van der Waals surface area contributed by atoms with Crippen molar-refractivity contribution in [1.29, 1.82) is 0 Å². The monoisotopic (exact) mass is 414 g/mol. The lowest BCUT2D eigenvalue weighted by molar-refractivity contribution is -0.115. The number of nitrogens with one attached hydrogen (secondary N) is 2. The van der Waals surface area contributed by atoms with Crippen LogP contribution in [0.4, 0.5) is 23.3 Å². The van der Waals surface area contributed by atoms with E-state index in [1.807, 2.05) is 42.5 Å². The van der Waals surface area contributed by atoms with Gasteiger partial charge in [0.1, 0.15) is 5.82 Å². The highest BCUT2D eigenvalue weighted by Gasteiger charge is 2.08. The molecule has 0 radical (unpaired) electrons. The molecule has 7 nitrogen and oxygen atoms in total. The third-order valence-corrected chi connectivity index (χ3v) is 4.87. The average Bonchev–Trinajstić information content (AvgIpc) is 2.67. The van der Waals surface area contributed by atoms with Crippen molar-refractivity contribution in [2.24, 2.45) is 0 Å². The number of hydrogen-bond acceptors (Lipinski definition) is 7. The van der Waals surface area contributed by atoms with Gasteiger partial charge in [0.05, 0.1) is 16.5 Å². The van der Waals surface area contributed by atoms with E-state index in [4.69, 9.17) is 17.3 Å². The van der Waals surface area contributed by atoms with Gasteiger partial charge in [-0.2, -0.15) is 26.7 Å². The maximum Gasteiger partial charge on any atom is 0.232 e. The van der Waals surface area contributed by atoms with E-state index in [-0.39, 0.29) is 11.9 Å². The Kier molecular flexibility index (Phi) is 7.05. The lowest BCUT2D eigenvalue weighted by Crippen LogP contribution is -2.12. The Hall–Kier alpha value is -2.84. The van der Waals surface area contributed by atoms with Crippen LogP contribution in [0.1, 0.15) is 12.2 Å². The zero-order valence-corrected chi connectivity index (χ0v) is 16.5. The molecule has 3 aromatic rings. The largest absolute Gasteiger partial charge is 0.368 e. The molecule has 9 heteroatoms. The number of thioether (sulfide) groups is 1. The van der Waals surface area contributed by atoms with Crippen molar-refractivity contribution in [1.82, 2.24) is 15.0 Å². The van der Waals surface area contributed by atoms with Crippen LogP contribution in [-0.4, -0.2) is 26.6 Å². The molecule has 1 aromatic heterocycles. The van der Waals surface area contributed by atoms with E-state index in [0.29, 0.717) is 40.4 Å². The summed E-state index contributed by atoms with van der Waals surface area (Å²) in [5.41, 5.74) is 7.25. The second kappa shape index (κ2) is 9.91. The van der Waals surface area contributed by atoms with Crippen LogP contribution in [0.15, 0.2) is 54.6 Å². The van der Waals surface area contributed by atoms with E-state index in [1.165, 1.54) is 0 Å². The number of hydrogen-bond donors (Lipinski definition) is 3. The molecule has 0 aliphatic rings. The van der Waals surface area contributed by atoms with Crippen molar-refractivity contribution < 1.29 is 4.79 Å². The molecule has 144 valence electrons. The molecular weight excluding hydrogens is 396 g/mol. The van der Waals surface area contributed by atoms with E-state index in [2.05, 4.69) is 25.6 Å². The maximum atomic E-state index is 12.0. The molecule has 1 amide bonds. The number of anilines is 4. The van der Waals surface area contributed by atoms with Gasteiger partial charge in [-0.05, 0) is 24.3 Å². The number of benzene rings is 2. The number of nitrogens with zero attached hydrogens (tertiary/aromatic N) is 3. The van der Waals surface area contributed by atoms with Crippen molar-refractivity contribution >= 4 is 52.5 Å². The Morgan fingerprint density at radius 1 is 1.04 bits per heavy atom. The predicted molar refractivity (Wildman–Crippen MR) is 115 cm³/mol. The normalized spacial score (nSPS) is 10.5. The van der Waals surface area contributed by atoms with Crippen molar-refractivity contribution in [3.63, 3.8) is 0 Å². The molecule has 28 heavy (non-hydrogen) atoms. The molecule has 0 atom stereocenters. The summed E-state index contributed by atoms with van der Waals surface area (Å²) in [6.07, 6.45) is 0.353. The molecule has 0 spiro atoms. The fraction of sp³-hybridized carbons (Fsp3) is 0.158. The standard InChI is InChI=1S/C19H19ClN6OS/c20-14-8-4-5-9-15(14)23-17(27)10-11-28-12-16-24-18(21)26-19(25-16)22-13-6-2-1-3-7-13/h1-9H,10-12H2,(H,23,27)(H3,21,22,24,25,26). The van der Waals surface area contributed by atoms with Gasteiger partial charge in [-0.15, -0.1) is 0 Å². The molecule has 4 N–H and O–H groups in total. The Morgan fingerprint density at radius 2 is 1.79 bits per heavy atom. The number of carbonyl (C=O) groups excluding carboxylic acids is 1. The van der Waals surface area contributed by atoms with Crippen molar-refractivity contribution in [3.8, 4) is 0 Å². The quantitative estimate of drug-likeness (QED) is 0.476. The van der Waals surface area contributed by atoms with Crippen LogP contribution in [0.5, 0.6) is 0 Å². The molecule has 3 rings (SSSR count). The van der Waals surface area contributed by atoms with Gasteiger partial charge in [-0.1, -0.05) is 41.9 Å². The third kappa shape index (κ3) is 6.11. The van der Waals surface area contributed by atoms with Crippen molar-refractivity contribution in [2.75, 3.05) is 22.1 Å². The number of rotatable bonds is 8. The fourth-order valence-electron chi connectivity index (χ4n) is 2.31. The summed E-state index contributed by atoms with van der Waals surface area (Å²) in [7, 11) is 0. The minimum absolute atomic E-state index is 0.0952.